The number of ketones is 1. The normalized spacial score (nSPS) is 10.4. The van der Waals surface area contributed by atoms with Gasteiger partial charge in [0.25, 0.3) is 0 Å². The fourth-order valence-corrected chi connectivity index (χ4v) is 2.21. The van der Waals surface area contributed by atoms with Crippen molar-refractivity contribution >= 4 is 33.3 Å². The van der Waals surface area contributed by atoms with Crippen LogP contribution < -0.4 is 4.74 Å². The summed E-state index contributed by atoms with van der Waals surface area (Å²) in [6, 6.07) is 6.26. The third kappa shape index (κ3) is 2.83. The van der Waals surface area contributed by atoms with Gasteiger partial charge < -0.3 is 4.74 Å². The summed E-state index contributed by atoms with van der Waals surface area (Å²) in [7, 11) is 1.39. The molecule has 20 heavy (non-hydrogen) atoms. The third-order valence-corrected chi connectivity index (χ3v) is 3.44. The van der Waals surface area contributed by atoms with Crippen LogP contribution in [0.15, 0.2) is 34.8 Å². The van der Waals surface area contributed by atoms with Gasteiger partial charge in [0.05, 0.1) is 23.3 Å². The van der Waals surface area contributed by atoms with Crippen molar-refractivity contribution in [2.24, 2.45) is 0 Å². The fourth-order valence-electron chi connectivity index (χ4n) is 1.70. The first kappa shape index (κ1) is 14.9. The molecule has 2 rings (SSSR count). The largest absolute Gasteiger partial charge is 0.496 e. The molecule has 2 aromatic carbocycles. The number of ether oxygens (including phenoxy) is 1. The summed E-state index contributed by atoms with van der Waals surface area (Å²) in [6.07, 6.45) is 0. The Morgan fingerprint density at radius 3 is 2.50 bits per heavy atom. The molecule has 0 spiro atoms. The molecule has 0 saturated carbocycles. The molecule has 2 aromatic rings. The van der Waals surface area contributed by atoms with E-state index in [0.717, 1.165) is 12.1 Å². The number of carbonyl (C=O) groups excluding carboxylic acids is 1. The molecule has 0 heterocycles. The molecule has 0 unspecified atom stereocenters. The molecule has 0 aromatic heterocycles. The van der Waals surface area contributed by atoms with E-state index in [2.05, 4.69) is 15.9 Å². The number of carbonyl (C=O) groups is 1. The van der Waals surface area contributed by atoms with Gasteiger partial charge in [0, 0.05) is 4.47 Å². The SMILES string of the molecule is COc1ccc(Br)cc1C(=O)c1cc(F)c(Cl)cc1F. The molecule has 104 valence electrons. The molecule has 0 saturated heterocycles. The number of rotatable bonds is 3. The molecule has 0 aliphatic carbocycles. The first-order chi connectivity index (χ1) is 9.43. The third-order valence-electron chi connectivity index (χ3n) is 2.66. The maximum atomic E-state index is 13.8. The quantitative estimate of drug-likeness (QED) is 0.589. The van der Waals surface area contributed by atoms with E-state index >= 15 is 0 Å². The van der Waals surface area contributed by atoms with Crippen molar-refractivity contribution in [3.05, 3.63) is 62.6 Å². The van der Waals surface area contributed by atoms with E-state index in [4.69, 9.17) is 16.3 Å². The Morgan fingerprint density at radius 1 is 1.15 bits per heavy atom. The van der Waals surface area contributed by atoms with Crippen LogP contribution in [0.4, 0.5) is 8.78 Å². The Morgan fingerprint density at radius 2 is 1.85 bits per heavy atom. The van der Waals surface area contributed by atoms with E-state index in [9.17, 15) is 13.6 Å². The van der Waals surface area contributed by atoms with Gasteiger partial charge in [-0.2, -0.15) is 0 Å². The van der Waals surface area contributed by atoms with E-state index in [1.807, 2.05) is 0 Å². The number of hydrogen-bond donors (Lipinski definition) is 0. The van der Waals surface area contributed by atoms with Gasteiger partial charge >= 0.3 is 0 Å². The molecule has 0 aliphatic rings. The van der Waals surface area contributed by atoms with Crippen molar-refractivity contribution in [3.63, 3.8) is 0 Å². The molecule has 6 heteroatoms. The lowest BCUT2D eigenvalue weighted by Crippen LogP contribution is -2.07. The van der Waals surface area contributed by atoms with Crippen LogP contribution in [-0.2, 0) is 0 Å². The van der Waals surface area contributed by atoms with Crippen LogP contribution in [0.25, 0.3) is 0 Å². The maximum absolute atomic E-state index is 13.8. The van der Waals surface area contributed by atoms with Gasteiger partial charge in [0.2, 0.25) is 0 Å². The Labute approximate surface area is 127 Å². The summed E-state index contributed by atoms with van der Waals surface area (Å²) >= 11 is 8.68. The summed E-state index contributed by atoms with van der Waals surface area (Å²) in [5.74, 6) is -2.15. The van der Waals surface area contributed by atoms with Crippen LogP contribution in [0.1, 0.15) is 15.9 Å². The van der Waals surface area contributed by atoms with E-state index in [1.54, 1.807) is 12.1 Å². The molecule has 0 N–H and O–H groups in total. The van der Waals surface area contributed by atoms with Crippen LogP contribution in [0.5, 0.6) is 5.75 Å². The smallest absolute Gasteiger partial charge is 0.199 e. The van der Waals surface area contributed by atoms with Crippen molar-refractivity contribution in [2.75, 3.05) is 7.11 Å². The summed E-state index contributed by atoms with van der Waals surface area (Å²) in [4.78, 5) is 12.3. The molecule has 0 fully saturated rings. The second-order valence-corrected chi connectivity index (χ2v) is 5.24. The molecule has 0 bridgehead atoms. The maximum Gasteiger partial charge on any atom is 0.199 e. The fraction of sp³-hybridized carbons (Fsp3) is 0.0714. The minimum absolute atomic E-state index is 0.127. The standard InChI is InChI=1S/C14H8BrClF2O2/c1-20-13-3-2-7(15)4-9(13)14(19)8-5-12(18)10(16)6-11(8)17/h2-6H,1H3. The lowest BCUT2D eigenvalue weighted by Gasteiger charge is -2.09. The summed E-state index contributed by atoms with van der Waals surface area (Å²) < 4.78 is 32.9. The van der Waals surface area contributed by atoms with Crippen LogP contribution in [0.3, 0.4) is 0 Å². The van der Waals surface area contributed by atoms with Gasteiger partial charge in [0.15, 0.2) is 5.78 Å². The monoisotopic (exact) mass is 360 g/mol. The molecule has 0 atom stereocenters. The second kappa shape index (κ2) is 5.89. The van der Waals surface area contributed by atoms with Crippen LogP contribution >= 0.6 is 27.5 Å². The molecular weight excluding hydrogens is 354 g/mol. The van der Waals surface area contributed by atoms with Crippen molar-refractivity contribution in [2.45, 2.75) is 0 Å². The zero-order valence-corrected chi connectivity index (χ0v) is 12.6. The first-order valence-electron chi connectivity index (χ1n) is 5.47. The van der Waals surface area contributed by atoms with Crippen molar-refractivity contribution < 1.29 is 18.3 Å². The van der Waals surface area contributed by atoms with Gasteiger partial charge in [-0.3, -0.25) is 4.79 Å². The molecule has 0 aliphatic heterocycles. The molecular formula is C14H8BrClF2O2. The zero-order valence-electron chi connectivity index (χ0n) is 10.2. The highest BCUT2D eigenvalue weighted by atomic mass is 79.9. The summed E-state index contributed by atoms with van der Waals surface area (Å²) in [5.41, 5.74) is -0.272. The first-order valence-corrected chi connectivity index (χ1v) is 6.64. The van der Waals surface area contributed by atoms with E-state index in [0.29, 0.717) is 4.47 Å². The van der Waals surface area contributed by atoms with Crippen molar-refractivity contribution in [1.82, 2.24) is 0 Å². The van der Waals surface area contributed by atoms with Crippen LogP contribution in [0.2, 0.25) is 5.02 Å². The predicted molar refractivity (Wildman–Crippen MR) is 75.5 cm³/mol. The summed E-state index contributed by atoms with van der Waals surface area (Å²) in [6.45, 7) is 0. The minimum atomic E-state index is -0.886. The number of benzene rings is 2. The van der Waals surface area contributed by atoms with Gasteiger partial charge in [0.1, 0.15) is 17.4 Å². The van der Waals surface area contributed by atoms with E-state index in [1.165, 1.54) is 13.2 Å². The Kier molecular flexibility index (Phi) is 4.40. The van der Waals surface area contributed by atoms with Crippen molar-refractivity contribution in [3.8, 4) is 5.75 Å². The minimum Gasteiger partial charge on any atom is -0.496 e. The molecule has 2 nitrogen and oxygen atoms in total. The molecule has 0 radical (unpaired) electrons. The number of methoxy groups -OCH3 is 1. The van der Waals surface area contributed by atoms with Crippen molar-refractivity contribution in [1.29, 1.82) is 0 Å². The Balaban J connectivity index is 2.57. The highest BCUT2D eigenvalue weighted by Crippen LogP contribution is 2.28. The lowest BCUT2D eigenvalue weighted by molar-refractivity contribution is 0.103. The zero-order chi connectivity index (χ0) is 14.9. The number of halogens is 4. The topological polar surface area (TPSA) is 26.3 Å². The summed E-state index contributed by atoms with van der Waals surface area (Å²) in [5, 5.41) is -0.375. The average Bonchev–Trinajstić information content (AvgIpc) is 2.42. The van der Waals surface area contributed by atoms with Gasteiger partial charge in [-0.05, 0) is 30.3 Å². The average molecular weight is 362 g/mol. The van der Waals surface area contributed by atoms with E-state index < -0.39 is 23.0 Å². The highest BCUT2D eigenvalue weighted by Gasteiger charge is 2.20. The van der Waals surface area contributed by atoms with Gasteiger partial charge in [-0.15, -0.1) is 0 Å². The lowest BCUT2D eigenvalue weighted by atomic mass is 10.0. The van der Waals surface area contributed by atoms with Gasteiger partial charge in [-0.25, -0.2) is 8.78 Å². The van der Waals surface area contributed by atoms with Gasteiger partial charge in [-0.1, -0.05) is 27.5 Å². The highest BCUT2D eigenvalue weighted by molar-refractivity contribution is 9.10. The molecule has 0 amide bonds. The Bertz CT molecular complexity index is 689. The number of hydrogen-bond acceptors (Lipinski definition) is 2. The van der Waals surface area contributed by atoms with Crippen LogP contribution in [0, 0.1) is 11.6 Å². The van der Waals surface area contributed by atoms with Crippen LogP contribution in [-0.4, -0.2) is 12.9 Å². The predicted octanol–water partition coefficient (Wildman–Crippen LogP) is 4.62. The Hall–Kier alpha value is -1.46. The second-order valence-electron chi connectivity index (χ2n) is 3.92. The van der Waals surface area contributed by atoms with E-state index in [-0.39, 0.29) is 16.3 Å².